The van der Waals surface area contributed by atoms with Gasteiger partial charge in [-0.3, -0.25) is 4.79 Å². The van der Waals surface area contributed by atoms with E-state index in [1.165, 1.54) is 7.11 Å². The molecule has 0 bridgehead atoms. The molecule has 0 aliphatic heterocycles. The quantitative estimate of drug-likeness (QED) is 0.828. The number of hydrogen-bond acceptors (Lipinski definition) is 4. The lowest BCUT2D eigenvalue weighted by molar-refractivity contribution is -0.140. The molecule has 4 nitrogen and oxygen atoms in total. The topological polar surface area (TPSA) is 55.0 Å². The summed E-state index contributed by atoms with van der Waals surface area (Å²) in [5.41, 5.74) is 1.93. The van der Waals surface area contributed by atoms with E-state index in [9.17, 15) is 4.79 Å². The summed E-state index contributed by atoms with van der Waals surface area (Å²) in [7, 11) is 1.40. The van der Waals surface area contributed by atoms with Gasteiger partial charge in [0.25, 0.3) is 0 Å². The van der Waals surface area contributed by atoms with Gasteiger partial charge in [0, 0.05) is 18.0 Å². The van der Waals surface area contributed by atoms with E-state index < -0.39 is 0 Å². The predicted octanol–water partition coefficient (Wildman–Crippen LogP) is 2.24. The van der Waals surface area contributed by atoms with E-state index in [4.69, 9.17) is 0 Å². The minimum absolute atomic E-state index is 0.198. The van der Waals surface area contributed by atoms with E-state index in [1.54, 1.807) is 11.3 Å². The lowest BCUT2D eigenvalue weighted by atomic mass is 10.3. The Morgan fingerprint density at radius 2 is 2.50 bits per heavy atom. The number of ether oxygens (including phenoxy) is 1. The zero-order valence-electron chi connectivity index (χ0n) is 8.90. The molecule has 0 saturated carbocycles. The molecule has 2 aromatic rings. The fraction of sp³-hybridized carbons (Fsp3) is 0.273. The summed E-state index contributed by atoms with van der Waals surface area (Å²) < 4.78 is 4.58. The maximum Gasteiger partial charge on any atom is 0.305 e. The van der Waals surface area contributed by atoms with Crippen LogP contribution in [0.25, 0.3) is 11.4 Å². The van der Waals surface area contributed by atoms with Crippen molar-refractivity contribution in [1.82, 2.24) is 9.97 Å². The number of rotatable bonds is 4. The molecule has 0 aliphatic carbocycles. The second-order valence-corrected chi connectivity index (χ2v) is 4.23. The number of carbonyl (C=O) groups is 1. The van der Waals surface area contributed by atoms with Crippen molar-refractivity contribution in [2.24, 2.45) is 0 Å². The van der Waals surface area contributed by atoms with Gasteiger partial charge in [0.2, 0.25) is 0 Å². The van der Waals surface area contributed by atoms with E-state index in [0.717, 1.165) is 16.4 Å². The molecule has 0 aromatic carbocycles. The lowest BCUT2D eigenvalue weighted by Gasteiger charge is -1.95. The van der Waals surface area contributed by atoms with Crippen molar-refractivity contribution in [3.8, 4) is 11.4 Å². The second kappa shape index (κ2) is 4.94. The standard InChI is InChI=1S/C11H12N2O2S/c1-15-11(14)5-4-10-13-9(7-16-10)8-3-2-6-12-8/h2-3,6-7,12H,4-5H2,1H3. The Morgan fingerprint density at radius 1 is 1.62 bits per heavy atom. The normalized spacial score (nSPS) is 10.3. The highest BCUT2D eigenvalue weighted by Gasteiger charge is 2.07. The molecule has 0 spiro atoms. The molecule has 84 valence electrons. The number of H-pyrrole nitrogens is 1. The Balaban J connectivity index is 2.00. The summed E-state index contributed by atoms with van der Waals surface area (Å²) in [5, 5.41) is 2.94. The number of nitrogens with zero attached hydrogens (tertiary/aromatic N) is 1. The minimum atomic E-state index is -0.198. The van der Waals surface area contributed by atoms with Crippen LogP contribution in [0, 0.1) is 0 Å². The highest BCUT2D eigenvalue weighted by molar-refractivity contribution is 7.09. The van der Waals surface area contributed by atoms with Crippen molar-refractivity contribution >= 4 is 17.3 Å². The highest BCUT2D eigenvalue weighted by atomic mass is 32.1. The number of nitrogens with one attached hydrogen (secondary N) is 1. The van der Waals surface area contributed by atoms with Gasteiger partial charge >= 0.3 is 5.97 Å². The van der Waals surface area contributed by atoms with Gasteiger partial charge in [-0.1, -0.05) is 0 Å². The average molecular weight is 236 g/mol. The minimum Gasteiger partial charge on any atom is -0.469 e. The third-order valence-corrected chi connectivity index (χ3v) is 3.10. The van der Waals surface area contributed by atoms with E-state index >= 15 is 0 Å². The van der Waals surface area contributed by atoms with Crippen LogP contribution in [-0.2, 0) is 16.0 Å². The fourth-order valence-electron chi connectivity index (χ4n) is 1.35. The monoisotopic (exact) mass is 236 g/mol. The van der Waals surface area contributed by atoms with Crippen molar-refractivity contribution in [3.05, 3.63) is 28.7 Å². The van der Waals surface area contributed by atoms with Gasteiger partial charge in [0.15, 0.2) is 0 Å². The zero-order chi connectivity index (χ0) is 11.4. The maximum atomic E-state index is 11.0. The second-order valence-electron chi connectivity index (χ2n) is 3.29. The summed E-state index contributed by atoms with van der Waals surface area (Å²) in [6.07, 6.45) is 2.88. The van der Waals surface area contributed by atoms with Crippen LogP contribution < -0.4 is 0 Å². The molecule has 2 rings (SSSR count). The molecule has 0 fully saturated rings. The third-order valence-electron chi connectivity index (χ3n) is 2.20. The molecule has 1 N–H and O–H groups in total. The van der Waals surface area contributed by atoms with Crippen LogP contribution in [0.2, 0.25) is 0 Å². The molecular formula is C11H12N2O2S. The van der Waals surface area contributed by atoms with Crippen molar-refractivity contribution in [2.45, 2.75) is 12.8 Å². The molecule has 5 heteroatoms. The summed E-state index contributed by atoms with van der Waals surface area (Å²) in [6.45, 7) is 0. The SMILES string of the molecule is COC(=O)CCc1nc(-c2ccc[nH]2)cs1. The first-order chi connectivity index (χ1) is 7.79. The molecule has 0 unspecified atom stereocenters. The van der Waals surface area contributed by atoms with Crippen molar-refractivity contribution in [3.63, 3.8) is 0 Å². The lowest BCUT2D eigenvalue weighted by Crippen LogP contribution is -2.01. The van der Waals surface area contributed by atoms with Gasteiger partial charge in [-0.15, -0.1) is 11.3 Å². The number of carbonyl (C=O) groups excluding carboxylic acids is 1. The number of aryl methyl sites for hydroxylation is 1. The number of aromatic amines is 1. The van der Waals surface area contributed by atoms with E-state index in [1.807, 2.05) is 23.7 Å². The first-order valence-electron chi connectivity index (χ1n) is 4.94. The van der Waals surface area contributed by atoms with Gasteiger partial charge < -0.3 is 9.72 Å². The molecule has 0 radical (unpaired) electrons. The summed E-state index contributed by atoms with van der Waals surface area (Å²) in [4.78, 5) is 18.5. The molecular weight excluding hydrogens is 224 g/mol. The van der Waals surface area contributed by atoms with E-state index in [-0.39, 0.29) is 5.97 Å². The Kier molecular flexibility index (Phi) is 3.36. The smallest absolute Gasteiger partial charge is 0.305 e. The molecule has 0 amide bonds. The van der Waals surface area contributed by atoms with Gasteiger partial charge in [-0.05, 0) is 12.1 Å². The largest absolute Gasteiger partial charge is 0.469 e. The van der Waals surface area contributed by atoms with Gasteiger partial charge in [-0.25, -0.2) is 4.98 Å². The molecule has 2 heterocycles. The molecule has 16 heavy (non-hydrogen) atoms. The Labute approximate surface area is 97.3 Å². The van der Waals surface area contributed by atoms with Crippen LogP contribution >= 0.6 is 11.3 Å². The summed E-state index contributed by atoms with van der Waals surface area (Å²) in [6, 6.07) is 3.90. The van der Waals surface area contributed by atoms with Crippen LogP contribution in [0.15, 0.2) is 23.7 Å². The number of aromatic nitrogens is 2. The van der Waals surface area contributed by atoms with Crippen LogP contribution in [0.4, 0.5) is 0 Å². The molecule has 0 atom stereocenters. The first kappa shape index (κ1) is 10.9. The van der Waals surface area contributed by atoms with E-state index in [2.05, 4.69) is 14.7 Å². The number of methoxy groups -OCH3 is 1. The number of thiazole rings is 1. The van der Waals surface area contributed by atoms with Crippen LogP contribution in [0.3, 0.4) is 0 Å². The van der Waals surface area contributed by atoms with Crippen molar-refractivity contribution in [1.29, 1.82) is 0 Å². The number of esters is 1. The summed E-state index contributed by atoms with van der Waals surface area (Å²) >= 11 is 1.56. The fourth-order valence-corrected chi connectivity index (χ4v) is 2.15. The first-order valence-corrected chi connectivity index (χ1v) is 5.82. The van der Waals surface area contributed by atoms with Crippen LogP contribution in [-0.4, -0.2) is 23.0 Å². The predicted molar refractivity (Wildman–Crippen MR) is 62.2 cm³/mol. The van der Waals surface area contributed by atoms with Crippen LogP contribution in [0.5, 0.6) is 0 Å². The van der Waals surface area contributed by atoms with Gasteiger partial charge in [-0.2, -0.15) is 0 Å². The Bertz CT molecular complexity index is 462. The molecule has 2 aromatic heterocycles. The van der Waals surface area contributed by atoms with Crippen LogP contribution in [0.1, 0.15) is 11.4 Å². The highest BCUT2D eigenvalue weighted by Crippen LogP contribution is 2.20. The Hall–Kier alpha value is -1.62. The third kappa shape index (κ3) is 2.49. The van der Waals surface area contributed by atoms with Crippen molar-refractivity contribution < 1.29 is 9.53 Å². The Morgan fingerprint density at radius 3 is 3.19 bits per heavy atom. The van der Waals surface area contributed by atoms with Gasteiger partial charge in [0.1, 0.15) is 0 Å². The zero-order valence-corrected chi connectivity index (χ0v) is 9.71. The summed E-state index contributed by atoms with van der Waals surface area (Å²) in [5.74, 6) is -0.198. The maximum absolute atomic E-state index is 11.0. The number of hydrogen-bond donors (Lipinski definition) is 1. The van der Waals surface area contributed by atoms with E-state index in [0.29, 0.717) is 12.8 Å². The molecule has 0 saturated heterocycles. The molecule has 0 aliphatic rings. The average Bonchev–Trinajstić information content (AvgIpc) is 2.95. The van der Waals surface area contributed by atoms with Crippen molar-refractivity contribution in [2.75, 3.05) is 7.11 Å². The van der Waals surface area contributed by atoms with Gasteiger partial charge in [0.05, 0.1) is 29.9 Å².